The van der Waals surface area contributed by atoms with E-state index >= 15 is 0 Å². The number of benzene rings is 2. The first-order valence-corrected chi connectivity index (χ1v) is 13.7. The summed E-state index contributed by atoms with van der Waals surface area (Å²) in [6.07, 6.45) is 1.73. The third-order valence-corrected chi connectivity index (χ3v) is 7.91. The molecule has 0 amide bonds. The van der Waals surface area contributed by atoms with Gasteiger partial charge in [-0.1, -0.05) is 47.2 Å². The maximum atomic E-state index is 14.0. The van der Waals surface area contributed by atoms with Gasteiger partial charge in [0.15, 0.2) is 16.3 Å². The number of hydrogen-bond donors (Lipinski definition) is 0. The molecule has 2 aromatic carbocycles. The van der Waals surface area contributed by atoms with Gasteiger partial charge in [0.25, 0.3) is 5.56 Å². The number of thiazole rings is 1. The van der Waals surface area contributed by atoms with Crippen molar-refractivity contribution in [2.24, 2.45) is 4.99 Å². The minimum absolute atomic E-state index is 0.182. The van der Waals surface area contributed by atoms with Crippen molar-refractivity contribution in [3.63, 3.8) is 0 Å². The van der Waals surface area contributed by atoms with Gasteiger partial charge in [0.05, 0.1) is 54.1 Å². The van der Waals surface area contributed by atoms with Gasteiger partial charge in [-0.25, -0.2) is 14.5 Å². The van der Waals surface area contributed by atoms with Gasteiger partial charge in [-0.3, -0.25) is 9.36 Å². The van der Waals surface area contributed by atoms with Crippen molar-refractivity contribution >= 4 is 35.0 Å². The number of aryl methyl sites for hydroxylation is 1. The third kappa shape index (κ3) is 4.73. The number of halogens is 1. The van der Waals surface area contributed by atoms with E-state index in [-0.39, 0.29) is 17.7 Å². The molecule has 0 N–H and O–H groups in total. The highest BCUT2D eigenvalue weighted by Crippen LogP contribution is 2.36. The van der Waals surface area contributed by atoms with Crippen LogP contribution in [-0.4, -0.2) is 41.1 Å². The minimum Gasteiger partial charge on any atom is -0.493 e. The number of methoxy groups -OCH3 is 2. The van der Waals surface area contributed by atoms with Crippen LogP contribution in [0.5, 0.6) is 11.5 Å². The number of carbonyl (C=O) groups excluding carboxylic acids is 1. The Hall–Kier alpha value is -4.15. The Kier molecular flexibility index (Phi) is 7.64. The molecule has 1 atom stereocenters. The predicted octanol–water partition coefficient (Wildman–Crippen LogP) is 3.96. The summed E-state index contributed by atoms with van der Waals surface area (Å²) < 4.78 is 19.8. The smallest absolute Gasteiger partial charge is 0.338 e. The Balaban J connectivity index is 1.72. The van der Waals surface area contributed by atoms with Crippen LogP contribution in [0.15, 0.2) is 69.6 Å². The molecule has 0 bridgehead atoms. The number of ether oxygens (including phenoxy) is 3. The lowest BCUT2D eigenvalue weighted by Gasteiger charge is -2.25. The second kappa shape index (κ2) is 11.1. The maximum Gasteiger partial charge on any atom is 0.338 e. The highest BCUT2D eigenvalue weighted by atomic mass is 35.5. The summed E-state index contributed by atoms with van der Waals surface area (Å²) in [7, 11) is 3.07. The zero-order chi connectivity index (χ0) is 28.6. The fraction of sp³-hybridized carbons (Fsp3) is 0.241. The van der Waals surface area contributed by atoms with E-state index in [4.69, 9.17) is 25.8 Å². The van der Waals surface area contributed by atoms with Crippen LogP contribution in [0.1, 0.15) is 36.7 Å². The van der Waals surface area contributed by atoms with Gasteiger partial charge in [-0.15, -0.1) is 0 Å². The van der Waals surface area contributed by atoms with Crippen molar-refractivity contribution in [2.75, 3.05) is 20.8 Å². The van der Waals surface area contributed by atoms with Crippen molar-refractivity contribution in [3.05, 3.63) is 101 Å². The van der Waals surface area contributed by atoms with Crippen molar-refractivity contribution in [2.45, 2.75) is 26.8 Å². The molecule has 1 aliphatic rings. The average Bonchev–Trinajstić information content (AvgIpc) is 3.42. The number of para-hydroxylation sites is 1. The number of carbonyl (C=O) groups is 1. The van der Waals surface area contributed by atoms with Gasteiger partial charge in [0.2, 0.25) is 0 Å². The maximum absolute atomic E-state index is 14.0. The lowest BCUT2D eigenvalue weighted by Crippen LogP contribution is -2.40. The molecule has 9 nitrogen and oxygen atoms in total. The van der Waals surface area contributed by atoms with Crippen molar-refractivity contribution < 1.29 is 19.0 Å². The van der Waals surface area contributed by atoms with Crippen molar-refractivity contribution in [1.29, 1.82) is 0 Å². The van der Waals surface area contributed by atoms with Crippen LogP contribution in [0, 0.1) is 6.92 Å². The standard InChI is InChI=1S/C29H27ClN4O5S/c1-6-39-28(36)24-17(3)31-29-33(25(24)18-12-13-21(37-4)22(14-18)38-5)27(35)23(40-29)15-20-16(2)32-34(26(20)30)19-10-8-7-9-11-19/h7-15,25H,6H2,1-5H3/b23-15+. The molecule has 4 aromatic rings. The minimum atomic E-state index is -0.791. The van der Waals surface area contributed by atoms with E-state index in [0.29, 0.717) is 48.5 Å². The molecule has 0 fully saturated rings. The van der Waals surface area contributed by atoms with Gasteiger partial charge >= 0.3 is 5.97 Å². The Morgan fingerprint density at radius 3 is 2.50 bits per heavy atom. The summed E-state index contributed by atoms with van der Waals surface area (Å²) in [5.74, 6) is 0.453. The quantitative estimate of drug-likeness (QED) is 0.308. The van der Waals surface area contributed by atoms with Crippen LogP contribution in [0.3, 0.4) is 0 Å². The number of esters is 1. The van der Waals surface area contributed by atoms with E-state index in [1.807, 2.05) is 37.3 Å². The number of allylic oxidation sites excluding steroid dienone is 1. The second-order valence-corrected chi connectivity index (χ2v) is 10.3. The number of nitrogens with zero attached hydrogens (tertiary/aromatic N) is 4. The zero-order valence-corrected chi connectivity index (χ0v) is 24.2. The van der Waals surface area contributed by atoms with Crippen LogP contribution >= 0.6 is 22.9 Å². The first-order valence-electron chi connectivity index (χ1n) is 12.5. The SMILES string of the molecule is CCOC(=O)C1=C(C)N=c2s/c(=C/c3c(C)nn(-c4ccccc4)c3Cl)c(=O)n2C1c1ccc(OC)c(OC)c1. The fourth-order valence-electron chi connectivity index (χ4n) is 4.68. The molecule has 3 heterocycles. The highest BCUT2D eigenvalue weighted by Gasteiger charge is 2.34. The molecule has 5 rings (SSSR count). The molecule has 206 valence electrons. The number of fused-ring (bicyclic) bond motifs is 1. The average molecular weight is 579 g/mol. The molecule has 1 unspecified atom stereocenters. The molecule has 2 aromatic heterocycles. The largest absolute Gasteiger partial charge is 0.493 e. The van der Waals surface area contributed by atoms with Gasteiger partial charge in [0, 0.05) is 5.56 Å². The van der Waals surface area contributed by atoms with Crippen LogP contribution in [-0.2, 0) is 9.53 Å². The summed E-state index contributed by atoms with van der Waals surface area (Å²) in [5, 5.41) is 4.97. The topological polar surface area (TPSA) is 96.9 Å². The molecule has 0 saturated heterocycles. The second-order valence-electron chi connectivity index (χ2n) is 8.95. The molecule has 0 saturated carbocycles. The van der Waals surface area contributed by atoms with Gasteiger partial charge in [-0.05, 0) is 56.7 Å². The van der Waals surface area contributed by atoms with E-state index in [9.17, 15) is 9.59 Å². The number of rotatable bonds is 7. The first-order chi connectivity index (χ1) is 19.3. The highest BCUT2D eigenvalue weighted by molar-refractivity contribution is 7.07. The molecule has 0 radical (unpaired) electrons. The molecular formula is C29H27ClN4O5S. The summed E-state index contributed by atoms with van der Waals surface area (Å²) in [4.78, 5) is 32.2. The Labute approximate surface area is 239 Å². The fourth-order valence-corrected chi connectivity index (χ4v) is 6.03. The zero-order valence-electron chi connectivity index (χ0n) is 22.6. The summed E-state index contributed by atoms with van der Waals surface area (Å²) >= 11 is 7.97. The molecule has 40 heavy (non-hydrogen) atoms. The summed E-state index contributed by atoms with van der Waals surface area (Å²) in [6.45, 7) is 5.49. The van der Waals surface area contributed by atoms with Gasteiger partial charge in [0.1, 0.15) is 5.15 Å². The molecule has 11 heteroatoms. The predicted molar refractivity (Wildman–Crippen MR) is 153 cm³/mol. The Morgan fingerprint density at radius 1 is 1.10 bits per heavy atom. The van der Waals surface area contributed by atoms with Crippen LogP contribution in [0.25, 0.3) is 11.8 Å². The molecule has 0 spiro atoms. The van der Waals surface area contributed by atoms with E-state index in [1.54, 1.807) is 49.9 Å². The van der Waals surface area contributed by atoms with Crippen molar-refractivity contribution in [1.82, 2.24) is 14.3 Å². The Bertz CT molecular complexity index is 1820. The monoisotopic (exact) mass is 578 g/mol. The number of hydrogen-bond acceptors (Lipinski definition) is 8. The Morgan fingerprint density at radius 2 is 1.82 bits per heavy atom. The number of aromatic nitrogens is 3. The van der Waals surface area contributed by atoms with Crippen LogP contribution in [0.2, 0.25) is 5.15 Å². The lowest BCUT2D eigenvalue weighted by atomic mass is 9.95. The molecular weight excluding hydrogens is 552 g/mol. The molecule has 1 aliphatic heterocycles. The van der Waals surface area contributed by atoms with E-state index in [1.165, 1.54) is 23.0 Å². The normalized spacial score (nSPS) is 15.1. The lowest BCUT2D eigenvalue weighted by molar-refractivity contribution is -0.139. The molecule has 0 aliphatic carbocycles. The first kappa shape index (κ1) is 27.4. The summed E-state index contributed by atoms with van der Waals surface area (Å²) in [5.41, 5.74) is 3.17. The van der Waals surface area contributed by atoms with E-state index in [2.05, 4.69) is 10.1 Å². The van der Waals surface area contributed by atoms with Gasteiger partial charge < -0.3 is 14.2 Å². The van der Waals surface area contributed by atoms with E-state index < -0.39 is 12.0 Å². The summed E-state index contributed by atoms with van der Waals surface area (Å²) in [6, 6.07) is 14.0. The van der Waals surface area contributed by atoms with Gasteiger partial charge in [-0.2, -0.15) is 5.10 Å². The van der Waals surface area contributed by atoms with Crippen LogP contribution in [0.4, 0.5) is 0 Å². The van der Waals surface area contributed by atoms with Crippen LogP contribution < -0.4 is 24.4 Å². The van der Waals surface area contributed by atoms with Crippen molar-refractivity contribution in [3.8, 4) is 17.2 Å². The third-order valence-electron chi connectivity index (χ3n) is 6.56. The van der Waals surface area contributed by atoms with E-state index in [0.717, 1.165) is 5.69 Å².